The fraction of sp³-hybridized carbons (Fsp3) is 0.304. The average Bonchev–Trinajstić information content (AvgIpc) is 3.06. The van der Waals surface area contributed by atoms with Crippen LogP contribution in [0.2, 0.25) is 0 Å². The largest absolute Gasteiger partial charge is 0.494 e. The van der Waals surface area contributed by atoms with E-state index in [2.05, 4.69) is 0 Å². The van der Waals surface area contributed by atoms with E-state index in [-0.39, 0.29) is 17.9 Å². The molecule has 0 saturated carbocycles. The smallest absolute Gasteiger partial charge is 0.331 e. The number of ketones is 1. The maximum absolute atomic E-state index is 13.1. The second kappa shape index (κ2) is 8.88. The van der Waals surface area contributed by atoms with Gasteiger partial charge in [-0.1, -0.05) is 0 Å². The van der Waals surface area contributed by atoms with E-state index in [0.717, 1.165) is 21.7 Å². The van der Waals surface area contributed by atoms with E-state index >= 15 is 0 Å². The monoisotopic (exact) mass is 420 g/mol. The summed E-state index contributed by atoms with van der Waals surface area (Å²) in [6.45, 7) is 7.77. The van der Waals surface area contributed by atoms with Gasteiger partial charge in [0.25, 0.3) is 5.56 Å². The maximum atomic E-state index is 13.1. The normalized spacial score (nSPS) is 10.7. The Balaban J connectivity index is 2.00. The van der Waals surface area contributed by atoms with Crippen LogP contribution in [0, 0.1) is 25.2 Å². The number of hydrogen-bond donors (Lipinski definition) is 0. The lowest BCUT2D eigenvalue weighted by Crippen LogP contribution is -2.42. The second-order valence-corrected chi connectivity index (χ2v) is 7.08. The molecule has 31 heavy (non-hydrogen) atoms. The van der Waals surface area contributed by atoms with Crippen molar-refractivity contribution in [2.75, 3.05) is 6.61 Å². The van der Waals surface area contributed by atoms with Crippen LogP contribution in [0.15, 0.2) is 46.1 Å². The Morgan fingerprint density at radius 1 is 1.13 bits per heavy atom. The lowest BCUT2D eigenvalue weighted by atomic mass is 10.1. The van der Waals surface area contributed by atoms with E-state index in [1.54, 1.807) is 19.1 Å². The molecule has 0 fully saturated rings. The molecule has 0 amide bonds. The number of rotatable bonds is 7. The van der Waals surface area contributed by atoms with E-state index in [0.29, 0.717) is 17.9 Å². The highest BCUT2D eigenvalue weighted by molar-refractivity contribution is 5.97. The van der Waals surface area contributed by atoms with Gasteiger partial charge in [0.05, 0.1) is 13.2 Å². The highest BCUT2D eigenvalue weighted by Gasteiger charge is 2.20. The zero-order chi connectivity index (χ0) is 22.7. The molecule has 0 aliphatic rings. The lowest BCUT2D eigenvalue weighted by Gasteiger charge is -2.12. The molecule has 8 nitrogen and oxygen atoms in total. The molecule has 0 aliphatic carbocycles. The molecule has 2 aromatic heterocycles. The molecule has 0 unspecified atom stereocenters. The summed E-state index contributed by atoms with van der Waals surface area (Å²) in [6.07, 6.45) is 1.23. The number of carbonyl (C=O) groups excluding carboxylic acids is 1. The number of aromatic nitrogens is 3. The first kappa shape index (κ1) is 21.8. The van der Waals surface area contributed by atoms with Crippen LogP contribution in [-0.4, -0.2) is 26.1 Å². The quantitative estimate of drug-likeness (QED) is 0.547. The van der Waals surface area contributed by atoms with Crippen molar-refractivity contribution in [3.8, 4) is 17.5 Å². The predicted octanol–water partition coefficient (Wildman–Crippen LogP) is 2.59. The van der Waals surface area contributed by atoms with Crippen LogP contribution in [-0.2, 0) is 13.1 Å². The molecule has 0 radical (unpaired) electrons. The van der Waals surface area contributed by atoms with Crippen LogP contribution < -0.4 is 16.0 Å². The van der Waals surface area contributed by atoms with Crippen molar-refractivity contribution in [1.29, 1.82) is 5.26 Å². The number of benzene rings is 1. The molecular weight excluding hydrogens is 396 g/mol. The maximum Gasteiger partial charge on any atom is 0.331 e. The van der Waals surface area contributed by atoms with Crippen molar-refractivity contribution in [3.63, 3.8) is 0 Å². The summed E-state index contributed by atoms with van der Waals surface area (Å²) in [6, 6.07) is 11.1. The summed E-state index contributed by atoms with van der Waals surface area (Å²) in [5.74, 6) is 0.385. The molecule has 1 aromatic carbocycles. The van der Waals surface area contributed by atoms with E-state index in [9.17, 15) is 19.6 Å². The van der Waals surface area contributed by atoms with E-state index in [1.165, 1.54) is 10.8 Å². The number of aryl methyl sites for hydroxylation is 2. The second-order valence-electron chi connectivity index (χ2n) is 7.08. The molecular formula is C23H24N4O4. The molecule has 2 heterocycles. The molecule has 0 aliphatic heterocycles. The van der Waals surface area contributed by atoms with Gasteiger partial charge in [-0.05, 0) is 58.0 Å². The predicted molar refractivity (Wildman–Crippen MR) is 116 cm³/mol. The zero-order valence-corrected chi connectivity index (χ0v) is 18.0. The molecule has 8 heteroatoms. The number of hydrogen-bond acceptors (Lipinski definition) is 5. The van der Waals surface area contributed by atoms with Crippen molar-refractivity contribution in [2.24, 2.45) is 0 Å². The van der Waals surface area contributed by atoms with Crippen molar-refractivity contribution < 1.29 is 9.53 Å². The zero-order valence-electron chi connectivity index (χ0n) is 18.0. The molecule has 0 atom stereocenters. The van der Waals surface area contributed by atoms with Crippen LogP contribution in [0.3, 0.4) is 0 Å². The number of nitrogens with zero attached hydrogens (tertiary/aromatic N) is 4. The fourth-order valence-corrected chi connectivity index (χ4v) is 3.63. The fourth-order valence-electron chi connectivity index (χ4n) is 3.63. The third-order valence-corrected chi connectivity index (χ3v) is 5.14. The first-order valence-electron chi connectivity index (χ1n) is 10.0. The van der Waals surface area contributed by atoms with Crippen molar-refractivity contribution >= 4 is 5.78 Å². The summed E-state index contributed by atoms with van der Waals surface area (Å²) in [4.78, 5) is 38.1. The molecule has 3 aromatic rings. The Bertz CT molecular complexity index is 1290. The minimum atomic E-state index is -0.758. The Hall–Kier alpha value is -3.86. The highest BCUT2D eigenvalue weighted by Crippen LogP contribution is 2.23. The number of carbonyl (C=O) groups is 1. The van der Waals surface area contributed by atoms with Crippen LogP contribution in [0.25, 0.3) is 5.69 Å². The van der Waals surface area contributed by atoms with Gasteiger partial charge in [-0.15, -0.1) is 0 Å². The summed E-state index contributed by atoms with van der Waals surface area (Å²) < 4.78 is 9.48. The average molecular weight is 420 g/mol. The van der Waals surface area contributed by atoms with Gasteiger partial charge in [0.1, 0.15) is 17.4 Å². The van der Waals surface area contributed by atoms with E-state index in [1.807, 2.05) is 49.6 Å². The van der Waals surface area contributed by atoms with Crippen LogP contribution >= 0.6 is 0 Å². The van der Waals surface area contributed by atoms with Gasteiger partial charge in [0.2, 0.25) is 0 Å². The summed E-state index contributed by atoms with van der Waals surface area (Å²) in [5.41, 5.74) is 1.29. The van der Waals surface area contributed by atoms with Crippen LogP contribution in [0.5, 0.6) is 5.75 Å². The SMILES string of the molecule is CCOc1ccc(-n2c(C)cc(C(=O)Cn3c(=O)c(C#N)cn(CC)c3=O)c2C)cc1. The van der Waals surface area contributed by atoms with Crippen LogP contribution in [0.1, 0.15) is 41.2 Å². The van der Waals surface area contributed by atoms with E-state index < -0.39 is 17.8 Å². The van der Waals surface area contributed by atoms with Gasteiger partial charge in [0, 0.05) is 35.4 Å². The third kappa shape index (κ3) is 4.08. The highest BCUT2D eigenvalue weighted by atomic mass is 16.5. The van der Waals surface area contributed by atoms with Gasteiger partial charge in [-0.25, -0.2) is 4.79 Å². The lowest BCUT2D eigenvalue weighted by molar-refractivity contribution is 0.0968. The standard InChI is InChI=1S/C23H24N4O4/c1-5-25-13-17(12-24)22(29)26(23(25)30)14-21(28)20-11-15(3)27(16(20)4)18-7-9-19(10-8-18)31-6-2/h7-11,13H,5-6,14H2,1-4H3. The van der Waals surface area contributed by atoms with Gasteiger partial charge in [-0.2, -0.15) is 5.26 Å². The first-order valence-corrected chi connectivity index (χ1v) is 10.0. The topological polar surface area (TPSA) is 99.0 Å². The van der Waals surface area contributed by atoms with E-state index in [4.69, 9.17) is 4.74 Å². The van der Waals surface area contributed by atoms with Gasteiger partial charge in [-0.3, -0.25) is 18.7 Å². The number of nitriles is 1. The van der Waals surface area contributed by atoms with Gasteiger partial charge in [0.15, 0.2) is 5.78 Å². The number of ether oxygens (including phenoxy) is 1. The summed E-state index contributed by atoms with van der Waals surface area (Å²) in [7, 11) is 0. The minimum absolute atomic E-state index is 0.172. The van der Waals surface area contributed by atoms with Crippen molar-refractivity contribution in [3.05, 3.63) is 79.9 Å². The third-order valence-electron chi connectivity index (χ3n) is 5.14. The molecule has 0 saturated heterocycles. The molecule has 0 N–H and O–H groups in total. The Morgan fingerprint density at radius 3 is 2.39 bits per heavy atom. The summed E-state index contributed by atoms with van der Waals surface area (Å²) >= 11 is 0. The molecule has 3 rings (SSSR count). The van der Waals surface area contributed by atoms with Gasteiger partial charge >= 0.3 is 5.69 Å². The van der Waals surface area contributed by atoms with Gasteiger partial charge < -0.3 is 9.30 Å². The van der Waals surface area contributed by atoms with Crippen molar-refractivity contribution in [2.45, 2.75) is 40.8 Å². The Morgan fingerprint density at radius 2 is 1.81 bits per heavy atom. The molecule has 0 spiro atoms. The summed E-state index contributed by atoms with van der Waals surface area (Å²) in [5, 5.41) is 9.19. The molecule has 0 bridgehead atoms. The minimum Gasteiger partial charge on any atom is -0.494 e. The van der Waals surface area contributed by atoms with Crippen molar-refractivity contribution in [1.82, 2.24) is 13.7 Å². The number of Topliss-reactive ketones (excluding diaryl/α,β-unsaturated/α-hetero) is 1. The molecule has 160 valence electrons. The Kier molecular flexibility index (Phi) is 6.25. The first-order chi connectivity index (χ1) is 14.8. The van der Waals surface area contributed by atoms with Crippen LogP contribution in [0.4, 0.5) is 0 Å². The Labute approximate surface area is 179 Å².